The van der Waals surface area contributed by atoms with Crippen molar-refractivity contribution in [3.8, 4) is 0 Å². The van der Waals surface area contributed by atoms with Crippen LogP contribution in [0, 0.1) is 0 Å². The van der Waals surface area contributed by atoms with Crippen molar-refractivity contribution in [3.63, 3.8) is 0 Å². The molecule has 0 aliphatic rings. The molecule has 0 radical (unpaired) electrons. The minimum absolute atomic E-state index is 0.0922. The van der Waals surface area contributed by atoms with Gasteiger partial charge in [0.1, 0.15) is 12.2 Å². The summed E-state index contributed by atoms with van der Waals surface area (Å²) in [4.78, 5) is 12.7. The molecule has 0 bridgehead atoms. The number of carbonyl (C=O) groups is 1. The number of carbonyl (C=O) groups excluding carboxylic acids is 1. The lowest BCUT2D eigenvalue weighted by Crippen LogP contribution is -2.41. The Balaban J connectivity index is 2.99. The topological polar surface area (TPSA) is 45.5 Å². The van der Waals surface area contributed by atoms with E-state index < -0.39 is 25.2 Å². The van der Waals surface area contributed by atoms with Crippen LogP contribution in [0.4, 0.5) is 13.2 Å². The van der Waals surface area contributed by atoms with Crippen molar-refractivity contribution in [2.75, 3.05) is 19.7 Å². The van der Waals surface area contributed by atoms with Crippen molar-refractivity contribution in [1.82, 2.24) is 9.47 Å². The number of aromatic nitrogens is 1. The van der Waals surface area contributed by atoms with Crippen LogP contribution in [0.2, 0.25) is 5.02 Å². The summed E-state index contributed by atoms with van der Waals surface area (Å²) < 4.78 is 38.9. The third-order valence-electron chi connectivity index (χ3n) is 2.57. The number of amides is 1. The molecular formula is C12H16ClF3N2O2. The molecule has 1 aromatic heterocycles. The van der Waals surface area contributed by atoms with Crippen LogP contribution in [-0.4, -0.2) is 46.4 Å². The first-order chi connectivity index (χ1) is 9.28. The highest BCUT2D eigenvalue weighted by molar-refractivity contribution is 6.31. The molecule has 0 aliphatic carbocycles. The molecule has 1 heterocycles. The van der Waals surface area contributed by atoms with Crippen molar-refractivity contribution in [2.45, 2.75) is 26.1 Å². The molecule has 8 heteroatoms. The first-order valence-corrected chi connectivity index (χ1v) is 6.49. The van der Waals surface area contributed by atoms with E-state index in [4.69, 9.17) is 16.7 Å². The van der Waals surface area contributed by atoms with Crippen LogP contribution in [0.5, 0.6) is 0 Å². The number of hydrogen-bond acceptors (Lipinski definition) is 2. The highest BCUT2D eigenvalue weighted by Crippen LogP contribution is 2.20. The summed E-state index contributed by atoms with van der Waals surface area (Å²) in [6.07, 6.45) is -2.30. The average Bonchev–Trinajstić information content (AvgIpc) is 2.68. The van der Waals surface area contributed by atoms with Crippen LogP contribution < -0.4 is 0 Å². The molecule has 1 N–H and O–H groups in total. The Morgan fingerprint density at radius 1 is 1.50 bits per heavy atom. The lowest BCUT2D eigenvalue weighted by Gasteiger charge is -2.23. The number of nitrogens with zero attached hydrogens (tertiary/aromatic N) is 2. The Morgan fingerprint density at radius 2 is 2.15 bits per heavy atom. The SMILES string of the molecule is CCCn1cc(Cl)cc1C(=O)N(CCO)CC(F)(F)F. The minimum atomic E-state index is -4.52. The third kappa shape index (κ3) is 4.72. The molecule has 4 nitrogen and oxygen atoms in total. The Labute approximate surface area is 119 Å². The van der Waals surface area contributed by atoms with Crippen molar-refractivity contribution >= 4 is 17.5 Å². The van der Waals surface area contributed by atoms with Gasteiger partial charge >= 0.3 is 6.18 Å². The monoisotopic (exact) mass is 312 g/mol. The van der Waals surface area contributed by atoms with Crippen molar-refractivity contribution in [1.29, 1.82) is 0 Å². The lowest BCUT2D eigenvalue weighted by atomic mass is 10.3. The number of rotatable bonds is 6. The summed E-state index contributed by atoms with van der Waals surface area (Å²) in [5, 5.41) is 9.10. The zero-order valence-electron chi connectivity index (χ0n) is 11.0. The second-order valence-corrected chi connectivity index (χ2v) is 4.74. The van der Waals surface area contributed by atoms with Crippen LogP contribution in [0.1, 0.15) is 23.8 Å². The van der Waals surface area contributed by atoms with Gasteiger partial charge in [-0.3, -0.25) is 4.79 Å². The largest absolute Gasteiger partial charge is 0.406 e. The fourth-order valence-electron chi connectivity index (χ4n) is 1.83. The van der Waals surface area contributed by atoms with Gasteiger partial charge in [-0.1, -0.05) is 18.5 Å². The summed E-state index contributed by atoms with van der Waals surface area (Å²) in [6, 6.07) is 1.33. The average molecular weight is 313 g/mol. The molecule has 1 aromatic rings. The zero-order valence-corrected chi connectivity index (χ0v) is 11.7. The van der Waals surface area contributed by atoms with Gasteiger partial charge in [0.15, 0.2) is 0 Å². The molecule has 0 fully saturated rings. The van der Waals surface area contributed by atoms with E-state index >= 15 is 0 Å². The maximum absolute atomic E-state index is 12.5. The van der Waals surface area contributed by atoms with Crippen molar-refractivity contribution < 1.29 is 23.1 Å². The predicted molar refractivity (Wildman–Crippen MR) is 68.8 cm³/mol. The van der Waals surface area contributed by atoms with Crippen molar-refractivity contribution in [3.05, 3.63) is 23.0 Å². The molecule has 0 spiro atoms. The fraction of sp³-hybridized carbons (Fsp3) is 0.583. The van der Waals surface area contributed by atoms with Crippen LogP contribution in [-0.2, 0) is 6.54 Å². The fourth-order valence-corrected chi connectivity index (χ4v) is 2.05. The number of hydrogen-bond donors (Lipinski definition) is 1. The number of halogens is 4. The van der Waals surface area contributed by atoms with Gasteiger partial charge in [0.25, 0.3) is 5.91 Å². The number of aryl methyl sites for hydroxylation is 1. The van der Waals surface area contributed by atoms with Crippen molar-refractivity contribution in [2.24, 2.45) is 0 Å². The molecule has 0 unspecified atom stereocenters. The molecule has 20 heavy (non-hydrogen) atoms. The molecule has 0 aromatic carbocycles. The van der Waals surface area contributed by atoms with Gasteiger partial charge in [0, 0.05) is 19.3 Å². The molecule has 1 amide bonds. The quantitative estimate of drug-likeness (QED) is 0.877. The van der Waals surface area contributed by atoms with Gasteiger partial charge in [0.2, 0.25) is 0 Å². The lowest BCUT2D eigenvalue weighted by molar-refractivity contribution is -0.141. The second-order valence-electron chi connectivity index (χ2n) is 4.30. The van der Waals surface area contributed by atoms with Gasteiger partial charge in [-0.2, -0.15) is 13.2 Å². The van der Waals surface area contributed by atoms with E-state index in [1.54, 1.807) is 0 Å². The minimum Gasteiger partial charge on any atom is -0.395 e. The van der Waals surface area contributed by atoms with E-state index in [1.807, 2.05) is 6.92 Å². The second kappa shape index (κ2) is 6.99. The summed E-state index contributed by atoms with van der Waals surface area (Å²) in [6.45, 7) is 0.0365. The van der Waals surface area contributed by atoms with Gasteiger partial charge < -0.3 is 14.6 Å². The number of alkyl halides is 3. The number of aliphatic hydroxyl groups excluding tert-OH is 1. The first kappa shape index (κ1) is 16.8. The van der Waals surface area contributed by atoms with E-state index in [-0.39, 0.29) is 17.3 Å². The third-order valence-corrected chi connectivity index (χ3v) is 2.78. The maximum atomic E-state index is 12.5. The van der Waals surface area contributed by atoms with E-state index in [1.165, 1.54) is 16.8 Å². The summed E-state index contributed by atoms with van der Waals surface area (Å²) in [5.41, 5.74) is 0.0922. The summed E-state index contributed by atoms with van der Waals surface area (Å²) in [7, 11) is 0. The maximum Gasteiger partial charge on any atom is 0.406 e. The van der Waals surface area contributed by atoms with E-state index in [0.717, 1.165) is 0 Å². The summed E-state index contributed by atoms with van der Waals surface area (Å²) >= 11 is 5.80. The molecule has 0 saturated carbocycles. The van der Waals surface area contributed by atoms with Gasteiger partial charge in [-0.05, 0) is 12.5 Å². The first-order valence-electron chi connectivity index (χ1n) is 6.11. The van der Waals surface area contributed by atoms with Crippen LogP contribution in [0.3, 0.4) is 0 Å². The van der Waals surface area contributed by atoms with E-state index in [0.29, 0.717) is 17.9 Å². The summed E-state index contributed by atoms with van der Waals surface area (Å²) in [5.74, 6) is -0.795. The van der Waals surface area contributed by atoms with Crippen LogP contribution >= 0.6 is 11.6 Å². The van der Waals surface area contributed by atoms with E-state index in [9.17, 15) is 18.0 Å². The highest BCUT2D eigenvalue weighted by atomic mass is 35.5. The molecule has 1 rings (SSSR count). The standard InChI is InChI=1S/C12H16ClF3N2O2/c1-2-3-17-7-9(13)6-10(17)11(20)18(4-5-19)8-12(14,15)16/h6-7,19H,2-5,8H2,1H3. The predicted octanol–water partition coefficient (Wildman–Crippen LogP) is 2.55. The highest BCUT2D eigenvalue weighted by Gasteiger charge is 2.33. The Kier molecular flexibility index (Phi) is 5.88. The Morgan fingerprint density at radius 3 is 2.65 bits per heavy atom. The Hall–Kier alpha value is -1.21. The zero-order chi connectivity index (χ0) is 15.3. The Bertz CT molecular complexity index is 460. The smallest absolute Gasteiger partial charge is 0.395 e. The molecule has 114 valence electrons. The van der Waals surface area contributed by atoms with Gasteiger partial charge in [0.05, 0.1) is 11.6 Å². The van der Waals surface area contributed by atoms with E-state index in [2.05, 4.69) is 0 Å². The van der Waals surface area contributed by atoms with Crippen LogP contribution in [0.25, 0.3) is 0 Å². The number of aliphatic hydroxyl groups is 1. The van der Waals surface area contributed by atoms with Crippen LogP contribution in [0.15, 0.2) is 12.3 Å². The van der Waals surface area contributed by atoms with Gasteiger partial charge in [-0.15, -0.1) is 0 Å². The molecule has 0 atom stereocenters. The molecule has 0 saturated heterocycles. The molecule has 0 aliphatic heterocycles. The normalized spacial score (nSPS) is 11.7. The molecular weight excluding hydrogens is 297 g/mol. The van der Waals surface area contributed by atoms with Gasteiger partial charge in [-0.25, -0.2) is 0 Å².